The van der Waals surface area contributed by atoms with Crippen molar-refractivity contribution in [3.05, 3.63) is 87.6 Å². The van der Waals surface area contributed by atoms with Crippen molar-refractivity contribution in [2.24, 2.45) is 0 Å². The minimum absolute atomic E-state index is 0.00616. The molecule has 1 aromatic carbocycles. The molecular weight excluding hydrogens is 384 g/mol. The molecule has 150 valence electrons. The van der Waals surface area contributed by atoms with Crippen molar-refractivity contribution in [3.8, 4) is 0 Å². The molecule has 6 heteroatoms. The summed E-state index contributed by atoms with van der Waals surface area (Å²) < 4.78 is 5.01. The number of hydrogen-bond acceptors (Lipinski definition) is 4. The van der Waals surface area contributed by atoms with Gasteiger partial charge in [0.2, 0.25) is 0 Å². The number of benzene rings is 1. The molecule has 0 bridgehead atoms. The lowest BCUT2D eigenvalue weighted by molar-refractivity contribution is -0.117. The number of amides is 2. The standard InChI is InChI=1S/C23H24N2O3S/c1-23(2,3)18-8-6-17(7-9-18)21(26)25-20(13-19-5-4-12-29-19)22(27)24-14-16-10-11-28-15-16/h4-13,15H,14H2,1-3H3,(H,24,27)(H,25,26). The highest BCUT2D eigenvalue weighted by Gasteiger charge is 2.17. The molecule has 0 saturated carbocycles. The van der Waals surface area contributed by atoms with Crippen LogP contribution in [0.4, 0.5) is 0 Å². The summed E-state index contributed by atoms with van der Waals surface area (Å²) in [6.07, 6.45) is 4.79. The number of thiophene rings is 1. The molecule has 0 aliphatic rings. The summed E-state index contributed by atoms with van der Waals surface area (Å²) >= 11 is 1.49. The van der Waals surface area contributed by atoms with Crippen molar-refractivity contribution in [1.82, 2.24) is 10.6 Å². The zero-order valence-electron chi connectivity index (χ0n) is 16.7. The van der Waals surface area contributed by atoms with E-state index in [1.165, 1.54) is 11.3 Å². The Kier molecular flexibility index (Phi) is 6.34. The molecule has 0 aliphatic carbocycles. The van der Waals surface area contributed by atoms with Crippen LogP contribution in [0, 0.1) is 0 Å². The monoisotopic (exact) mass is 408 g/mol. The van der Waals surface area contributed by atoms with Crippen LogP contribution in [0.3, 0.4) is 0 Å². The quantitative estimate of drug-likeness (QED) is 0.580. The van der Waals surface area contributed by atoms with Gasteiger partial charge in [-0.05, 0) is 46.7 Å². The fourth-order valence-electron chi connectivity index (χ4n) is 2.66. The van der Waals surface area contributed by atoms with Gasteiger partial charge in [-0.1, -0.05) is 39.0 Å². The average Bonchev–Trinajstić information content (AvgIpc) is 3.39. The van der Waals surface area contributed by atoms with E-state index in [9.17, 15) is 9.59 Å². The van der Waals surface area contributed by atoms with E-state index in [2.05, 4.69) is 31.4 Å². The molecule has 3 rings (SSSR count). The molecule has 0 unspecified atom stereocenters. The van der Waals surface area contributed by atoms with E-state index < -0.39 is 0 Å². The zero-order chi connectivity index (χ0) is 20.9. The number of hydrogen-bond donors (Lipinski definition) is 2. The summed E-state index contributed by atoms with van der Waals surface area (Å²) in [5.41, 5.74) is 2.68. The first-order valence-electron chi connectivity index (χ1n) is 9.29. The summed E-state index contributed by atoms with van der Waals surface area (Å²) in [7, 11) is 0. The Morgan fingerprint density at radius 1 is 1.10 bits per heavy atom. The highest BCUT2D eigenvalue weighted by molar-refractivity contribution is 7.10. The Hall–Kier alpha value is -3.12. The summed E-state index contributed by atoms with van der Waals surface area (Å²) in [6, 6.07) is 13.0. The van der Waals surface area contributed by atoms with Crippen LogP contribution in [0.2, 0.25) is 0 Å². The number of carbonyl (C=O) groups is 2. The van der Waals surface area contributed by atoms with Gasteiger partial charge >= 0.3 is 0 Å². The van der Waals surface area contributed by atoms with Crippen LogP contribution in [0.5, 0.6) is 0 Å². The second kappa shape index (κ2) is 8.92. The molecule has 3 aromatic rings. The Labute approximate surface area is 174 Å². The Morgan fingerprint density at radius 2 is 1.86 bits per heavy atom. The number of carbonyl (C=O) groups excluding carboxylic acids is 2. The molecule has 2 heterocycles. The highest BCUT2D eigenvalue weighted by atomic mass is 32.1. The first-order valence-corrected chi connectivity index (χ1v) is 10.2. The van der Waals surface area contributed by atoms with Crippen molar-refractivity contribution < 1.29 is 14.0 Å². The second-order valence-electron chi connectivity index (χ2n) is 7.67. The van der Waals surface area contributed by atoms with Crippen LogP contribution in [-0.2, 0) is 16.8 Å². The van der Waals surface area contributed by atoms with Gasteiger partial charge in [-0.3, -0.25) is 9.59 Å². The van der Waals surface area contributed by atoms with E-state index in [0.29, 0.717) is 12.1 Å². The van der Waals surface area contributed by atoms with Crippen LogP contribution >= 0.6 is 11.3 Å². The summed E-state index contributed by atoms with van der Waals surface area (Å²) in [5, 5.41) is 7.48. The predicted octanol–water partition coefficient (Wildman–Crippen LogP) is 4.73. The topological polar surface area (TPSA) is 71.3 Å². The second-order valence-corrected chi connectivity index (χ2v) is 8.65. The Bertz CT molecular complexity index is 980. The molecular formula is C23H24N2O3S. The van der Waals surface area contributed by atoms with Gasteiger partial charge in [0.15, 0.2) is 0 Å². The summed E-state index contributed by atoms with van der Waals surface area (Å²) in [4.78, 5) is 26.3. The smallest absolute Gasteiger partial charge is 0.268 e. The zero-order valence-corrected chi connectivity index (χ0v) is 17.5. The third-order valence-electron chi connectivity index (χ3n) is 4.37. The van der Waals surface area contributed by atoms with Gasteiger partial charge in [0.1, 0.15) is 5.70 Å². The molecule has 2 amide bonds. The van der Waals surface area contributed by atoms with Crippen LogP contribution in [0.15, 0.2) is 70.5 Å². The number of nitrogens with one attached hydrogen (secondary N) is 2. The Balaban J connectivity index is 1.75. The predicted molar refractivity (Wildman–Crippen MR) is 115 cm³/mol. The van der Waals surface area contributed by atoms with Crippen molar-refractivity contribution in [2.75, 3.05) is 0 Å². The maximum atomic E-state index is 12.7. The normalized spacial score (nSPS) is 11.9. The van der Waals surface area contributed by atoms with Crippen molar-refractivity contribution in [2.45, 2.75) is 32.7 Å². The van der Waals surface area contributed by atoms with Crippen LogP contribution in [-0.4, -0.2) is 11.8 Å². The van der Waals surface area contributed by atoms with Gasteiger partial charge in [-0.25, -0.2) is 0 Å². The fourth-order valence-corrected chi connectivity index (χ4v) is 3.32. The van der Waals surface area contributed by atoms with Crippen LogP contribution in [0.1, 0.15) is 47.1 Å². The molecule has 2 aromatic heterocycles. The molecule has 5 nitrogen and oxygen atoms in total. The third kappa shape index (κ3) is 5.68. The van der Waals surface area contributed by atoms with E-state index in [0.717, 1.165) is 16.0 Å². The van der Waals surface area contributed by atoms with Gasteiger partial charge in [-0.15, -0.1) is 11.3 Å². The average molecular weight is 409 g/mol. The molecule has 0 aliphatic heterocycles. The number of furan rings is 1. The first-order chi connectivity index (χ1) is 13.8. The van der Waals surface area contributed by atoms with Gasteiger partial charge in [0.05, 0.1) is 12.5 Å². The fraction of sp³-hybridized carbons (Fsp3) is 0.217. The molecule has 0 radical (unpaired) electrons. The van der Waals surface area contributed by atoms with Crippen molar-refractivity contribution >= 4 is 29.2 Å². The Morgan fingerprint density at radius 3 is 2.45 bits per heavy atom. The summed E-state index contributed by atoms with van der Waals surface area (Å²) in [5.74, 6) is -0.689. The lowest BCUT2D eigenvalue weighted by Crippen LogP contribution is -2.34. The first kappa shape index (κ1) is 20.6. The van der Waals surface area contributed by atoms with E-state index >= 15 is 0 Å². The largest absolute Gasteiger partial charge is 0.472 e. The van der Waals surface area contributed by atoms with Gasteiger partial charge < -0.3 is 15.1 Å². The maximum absolute atomic E-state index is 12.7. The van der Waals surface area contributed by atoms with E-state index in [-0.39, 0.29) is 22.9 Å². The molecule has 29 heavy (non-hydrogen) atoms. The minimum atomic E-state index is -0.362. The molecule has 0 spiro atoms. The van der Waals surface area contributed by atoms with Crippen LogP contribution < -0.4 is 10.6 Å². The van der Waals surface area contributed by atoms with E-state index in [1.54, 1.807) is 36.8 Å². The summed E-state index contributed by atoms with van der Waals surface area (Å²) in [6.45, 7) is 6.67. The molecule has 2 N–H and O–H groups in total. The maximum Gasteiger partial charge on any atom is 0.268 e. The van der Waals surface area contributed by atoms with E-state index in [4.69, 9.17) is 4.42 Å². The van der Waals surface area contributed by atoms with Gasteiger partial charge in [0.25, 0.3) is 11.8 Å². The van der Waals surface area contributed by atoms with Crippen molar-refractivity contribution in [3.63, 3.8) is 0 Å². The van der Waals surface area contributed by atoms with Crippen molar-refractivity contribution in [1.29, 1.82) is 0 Å². The third-order valence-corrected chi connectivity index (χ3v) is 5.19. The molecule has 0 atom stereocenters. The van der Waals surface area contributed by atoms with Gasteiger partial charge in [0, 0.05) is 22.5 Å². The highest BCUT2D eigenvalue weighted by Crippen LogP contribution is 2.22. The SMILES string of the molecule is CC(C)(C)c1ccc(C(=O)NC(=Cc2cccs2)C(=O)NCc2ccoc2)cc1. The molecule has 0 fully saturated rings. The minimum Gasteiger partial charge on any atom is -0.472 e. The lowest BCUT2D eigenvalue weighted by Gasteiger charge is -2.19. The number of rotatable bonds is 6. The molecule has 0 saturated heterocycles. The van der Waals surface area contributed by atoms with Gasteiger partial charge in [-0.2, -0.15) is 0 Å². The van der Waals surface area contributed by atoms with Crippen LogP contribution in [0.25, 0.3) is 6.08 Å². The lowest BCUT2D eigenvalue weighted by atomic mass is 9.87. The van der Waals surface area contributed by atoms with E-state index in [1.807, 2.05) is 29.6 Å².